The third kappa shape index (κ3) is 5.52. The number of carbonyl (C=O) groups is 3. The lowest BCUT2D eigenvalue weighted by molar-refractivity contribution is -0.139. The standard InChI is InChI=1S/C13H13ClO5/c1-2-18-13(17)19-12(16)7-6-11(15)9-4-3-5-10(14)8-9/h3-5,8H,2,6-7H2,1H3. The fourth-order valence-electron chi connectivity index (χ4n) is 1.31. The minimum atomic E-state index is -1.05. The van der Waals surface area contributed by atoms with Gasteiger partial charge in [0.05, 0.1) is 13.0 Å². The molecule has 0 N–H and O–H groups in total. The Morgan fingerprint density at radius 2 is 1.95 bits per heavy atom. The zero-order chi connectivity index (χ0) is 14.3. The maximum absolute atomic E-state index is 11.7. The maximum atomic E-state index is 11.7. The maximum Gasteiger partial charge on any atom is 0.516 e. The second-order valence-electron chi connectivity index (χ2n) is 3.59. The molecular weight excluding hydrogens is 272 g/mol. The van der Waals surface area contributed by atoms with E-state index in [0.717, 1.165) is 0 Å². The van der Waals surface area contributed by atoms with Gasteiger partial charge in [-0.1, -0.05) is 23.7 Å². The van der Waals surface area contributed by atoms with Gasteiger partial charge in [0.2, 0.25) is 0 Å². The molecule has 1 rings (SSSR count). The summed E-state index contributed by atoms with van der Waals surface area (Å²) in [5.41, 5.74) is 0.413. The first-order chi connectivity index (χ1) is 9.02. The van der Waals surface area contributed by atoms with Crippen LogP contribution in [0, 0.1) is 0 Å². The minimum absolute atomic E-state index is 0.0570. The smallest absolute Gasteiger partial charge is 0.434 e. The molecule has 5 nitrogen and oxygen atoms in total. The van der Waals surface area contributed by atoms with Gasteiger partial charge in [0, 0.05) is 17.0 Å². The molecule has 0 bridgehead atoms. The first-order valence-corrected chi connectivity index (χ1v) is 6.07. The van der Waals surface area contributed by atoms with Crippen molar-refractivity contribution in [3.63, 3.8) is 0 Å². The lowest BCUT2D eigenvalue weighted by Crippen LogP contribution is -2.14. The minimum Gasteiger partial charge on any atom is -0.434 e. The molecule has 1 aromatic rings. The van der Waals surface area contributed by atoms with Crippen molar-refractivity contribution < 1.29 is 23.9 Å². The van der Waals surface area contributed by atoms with Crippen molar-refractivity contribution in [2.24, 2.45) is 0 Å². The molecule has 0 aliphatic heterocycles. The van der Waals surface area contributed by atoms with E-state index in [2.05, 4.69) is 9.47 Å². The molecule has 0 heterocycles. The van der Waals surface area contributed by atoms with E-state index in [1.165, 1.54) is 6.07 Å². The highest BCUT2D eigenvalue weighted by atomic mass is 35.5. The average molecular weight is 285 g/mol. The normalized spacial score (nSPS) is 9.79. The number of benzene rings is 1. The van der Waals surface area contributed by atoms with Gasteiger partial charge in [-0.15, -0.1) is 0 Å². The van der Waals surface area contributed by atoms with E-state index in [1.54, 1.807) is 25.1 Å². The summed E-state index contributed by atoms with van der Waals surface area (Å²) in [4.78, 5) is 33.8. The van der Waals surface area contributed by atoms with Crippen LogP contribution in [0.1, 0.15) is 30.1 Å². The fourth-order valence-corrected chi connectivity index (χ4v) is 1.50. The molecule has 0 aliphatic carbocycles. The van der Waals surface area contributed by atoms with E-state index in [1.807, 2.05) is 0 Å². The van der Waals surface area contributed by atoms with Crippen molar-refractivity contribution in [3.05, 3.63) is 34.9 Å². The Labute approximate surface area is 115 Å². The highest BCUT2D eigenvalue weighted by molar-refractivity contribution is 6.31. The Balaban J connectivity index is 2.42. The molecule has 0 aromatic heterocycles. The van der Waals surface area contributed by atoms with Crippen LogP contribution < -0.4 is 0 Å². The Hall–Kier alpha value is -1.88. The molecule has 0 unspecified atom stereocenters. The Kier molecular flexibility index (Phi) is 6.02. The fraction of sp³-hybridized carbons (Fsp3) is 0.308. The van der Waals surface area contributed by atoms with E-state index in [4.69, 9.17) is 11.6 Å². The van der Waals surface area contributed by atoms with Gasteiger partial charge in [-0.05, 0) is 19.1 Å². The Bertz CT molecular complexity index is 484. The van der Waals surface area contributed by atoms with Gasteiger partial charge < -0.3 is 9.47 Å². The van der Waals surface area contributed by atoms with Gasteiger partial charge in [0.25, 0.3) is 0 Å². The van der Waals surface area contributed by atoms with Crippen LogP contribution in [0.15, 0.2) is 24.3 Å². The van der Waals surface area contributed by atoms with Gasteiger partial charge in [-0.2, -0.15) is 0 Å². The van der Waals surface area contributed by atoms with Crippen molar-refractivity contribution in [1.29, 1.82) is 0 Å². The topological polar surface area (TPSA) is 69.7 Å². The van der Waals surface area contributed by atoms with Gasteiger partial charge >= 0.3 is 12.1 Å². The molecule has 0 amide bonds. The summed E-state index contributed by atoms with van der Waals surface area (Å²) in [5.74, 6) is -1.04. The van der Waals surface area contributed by atoms with Gasteiger partial charge in [-0.3, -0.25) is 9.59 Å². The summed E-state index contributed by atoms with van der Waals surface area (Å²) in [6, 6.07) is 6.41. The van der Waals surface area contributed by atoms with E-state index in [9.17, 15) is 14.4 Å². The van der Waals surface area contributed by atoms with Crippen LogP contribution in [0.4, 0.5) is 4.79 Å². The van der Waals surface area contributed by atoms with Crippen molar-refractivity contribution in [2.45, 2.75) is 19.8 Å². The van der Waals surface area contributed by atoms with Crippen LogP contribution in [-0.2, 0) is 14.3 Å². The number of halogens is 1. The number of ketones is 1. The predicted octanol–water partition coefficient (Wildman–Crippen LogP) is 3.00. The van der Waals surface area contributed by atoms with Crippen molar-refractivity contribution in [3.8, 4) is 0 Å². The van der Waals surface area contributed by atoms with Gasteiger partial charge in [-0.25, -0.2) is 4.79 Å². The van der Waals surface area contributed by atoms with E-state index in [0.29, 0.717) is 10.6 Å². The lowest BCUT2D eigenvalue weighted by Gasteiger charge is -2.03. The summed E-state index contributed by atoms with van der Waals surface area (Å²) in [6.07, 6.45) is -1.30. The molecule has 6 heteroatoms. The highest BCUT2D eigenvalue weighted by Crippen LogP contribution is 2.13. The Morgan fingerprint density at radius 1 is 1.21 bits per heavy atom. The quantitative estimate of drug-likeness (QED) is 0.472. The van der Waals surface area contributed by atoms with Crippen LogP contribution in [0.3, 0.4) is 0 Å². The van der Waals surface area contributed by atoms with E-state index in [-0.39, 0.29) is 25.2 Å². The van der Waals surface area contributed by atoms with Gasteiger partial charge in [0.1, 0.15) is 0 Å². The molecule has 0 saturated heterocycles. The first kappa shape index (κ1) is 15.2. The summed E-state index contributed by atoms with van der Waals surface area (Å²) in [6.45, 7) is 1.71. The number of Topliss-reactive ketones (excluding diaryl/α,β-unsaturated/α-hetero) is 1. The van der Waals surface area contributed by atoms with Crippen LogP contribution in [-0.4, -0.2) is 24.5 Å². The molecule has 102 valence electrons. The summed E-state index contributed by atoms with van der Waals surface area (Å²) < 4.78 is 8.76. The van der Waals surface area contributed by atoms with Crippen molar-refractivity contribution in [2.75, 3.05) is 6.61 Å². The largest absolute Gasteiger partial charge is 0.516 e. The third-order valence-corrected chi connectivity index (χ3v) is 2.40. The number of carbonyl (C=O) groups excluding carboxylic acids is 3. The zero-order valence-electron chi connectivity index (χ0n) is 10.3. The van der Waals surface area contributed by atoms with Crippen LogP contribution >= 0.6 is 11.6 Å². The molecule has 0 aliphatic rings. The van der Waals surface area contributed by atoms with Crippen LogP contribution in [0.5, 0.6) is 0 Å². The number of ether oxygens (including phenoxy) is 2. The van der Waals surface area contributed by atoms with Crippen molar-refractivity contribution >= 4 is 29.5 Å². The van der Waals surface area contributed by atoms with Crippen LogP contribution in [0.2, 0.25) is 5.02 Å². The predicted molar refractivity (Wildman–Crippen MR) is 68.1 cm³/mol. The molecule has 0 fully saturated rings. The summed E-state index contributed by atoms with van der Waals surface area (Å²) in [7, 11) is 0. The van der Waals surface area contributed by atoms with Crippen LogP contribution in [0.25, 0.3) is 0 Å². The first-order valence-electron chi connectivity index (χ1n) is 5.69. The molecule has 0 spiro atoms. The van der Waals surface area contributed by atoms with Gasteiger partial charge in [0.15, 0.2) is 5.78 Å². The number of rotatable bonds is 5. The SMILES string of the molecule is CCOC(=O)OC(=O)CCC(=O)c1cccc(Cl)c1. The third-order valence-electron chi connectivity index (χ3n) is 2.16. The second-order valence-corrected chi connectivity index (χ2v) is 4.03. The summed E-state index contributed by atoms with van der Waals surface area (Å²) in [5, 5.41) is 0.444. The van der Waals surface area contributed by atoms with E-state index >= 15 is 0 Å². The molecule has 0 atom stereocenters. The summed E-state index contributed by atoms with van der Waals surface area (Å²) >= 11 is 5.75. The average Bonchev–Trinajstić information content (AvgIpc) is 2.36. The Morgan fingerprint density at radius 3 is 2.58 bits per heavy atom. The number of hydrogen-bond donors (Lipinski definition) is 0. The zero-order valence-corrected chi connectivity index (χ0v) is 11.1. The second kappa shape index (κ2) is 7.53. The molecule has 1 aromatic carbocycles. The lowest BCUT2D eigenvalue weighted by atomic mass is 10.1. The molecule has 0 saturated carbocycles. The monoisotopic (exact) mass is 284 g/mol. The molecule has 0 radical (unpaired) electrons. The molecular formula is C13H13ClO5. The highest BCUT2D eigenvalue weighted by Gasteiger charge is 2.14. The molecule has 19 heavy (non-hydrogen) atoms. The van der Waals surface area contributed by atoms with E-state index < -0.39 is 12.1 Å². The van der Waals surface area contributed by atoms with Crippen molar-refractivity contribution in [1.82, 2.24) is 0 Å². The number of esters is 1. The number of hydrogen-bond acceptors (Lipinski definition) is 5.